The lowest BCUT2D eigenvalue weighted by Crippen LogP contribution is -2.09. The minimum absolute atomic E-state index is 0.762. The summed E-state index contributed by atoms with van der Waals surface area (Å²) in [5, 5.41) is 18.6. The van der Waals surface area contributed by atoms with Crippen molar-refractivity contribution in [3.63, 3.8) is 0 Å². The van der Waals surface area contributed by atoms with Crippen LogP contribution in [0.15, 0.2) is 251 Å². The van der Waals surface area contributed by atoms with E-state index in [9.17, 15) is 0 Å². The summed E-state index contributed by atoms with van der Waals surface area (Å²) in [5.74, 6) is 0. The Morgan fingerprint density at radius 1 is 0.200 bits per heavy atom. The van der Waals surface area contributed by atoms with Crippen molar-refractivity contribution in [2.75, 3.05) is 9.80 Å². The molecule has 0 saturated carbocycles. The van der Waals surface area contributed by atoms with Crippen molar-refractivity contribution in [1.82, 2.24) is 0 Å². The van der Waals surface area contributed by atoms with Crippen LogP contribution in [0.5, 0.6) is 0 Å². The Labute approximate surface area is 402 Å². The first-order valence-electron chi connectivity index (χ1n) is 23.9. The van der Waals surface area contributed by atoms with Crippen LogP contribution in [0.25, 0.3) is 109 Å². The van der Waals surface area contributed by atoms with Gasteiger partial charge < -0.3 is 18.6 Å². The molecule has 4 heteroatoms. The SMILES string of the molecule is c1ccc(N(c2ccc3cc4c(cc3c2)oc2c4ccc3c4cc5ccc(N(c6ccccc6)c6ccc7c(ccc8ccccc87)c6)cc5cc4oc32)c2ccc3c(ccc4ccccc43)c2)cc1. The van der Waals surface area contributed by atoms with E-state index in [1.54, 1.807) is 0 Å². The highest BCUT2D eigenvalue weighted by atomic mass is 16.4. The van der Waals surface area contributed by atoms with Gasteiger partial charge in [0.05, 0.1) is 0 Å². The fraction of sp³-hybridized carbons (Fsp3) is 0. The van der Waals surface area contributed by atoms with Gasteiger partial charge in [-0.25, -0.2) is 0 Å². The Morgan fingerprint density at radius 3 is 1.00 bits per heavy atom. The number of anilines is 6. The Morgan fingerprint density at radius 2 is 0.543 bits per heavy atom. The molecule has 0 aliphatic heterocycles. The number of benzene rings is 13. The molecule has 0 saturated heterocycles. The van der Waals surface area contributed by atoms with Gasteiger partial charge >= 0.3 is 0 Å². The predicted molar refractivity (Wildman–Crippen MR) is 295 cm³/mol. The van der Waals surface area contributed by atoms with Crippen LogP contribution in [0.3, 0.4) is 0 Å². The van der Waals surface area contributed by atoms with Crippen molar-refractivity contribution in [3.8, 4) is 0 Å². The van der Waals surface area contributed by atoms with Crippen LogP contribution in [0.2, 0.25) is 0 Å². The summed E-state index contributed by atoms with van der Waals surface area (Å²) >= 11 is 0. The van der Waals surface area contributed by atoms with E-state index in [1.165, 1.54) is 43.1 Å². The third-order valence-corrected chi connectivity index (χ3v) is 14.5. The predicted octanol–water partition coefficient (Wildman–Crippen LogP) is 19.3. The Balaban J connectivity index is 0.828. The summed E-state index contributed by atoms with van der Waals surface area (Å²) in [4.78, 5) is 4.68. The zero-order valence-electron chi connectivity index (χ0n) is 37.8. The third-order valence-electron chi connectivity index (χ3n) is 14.5. The summed E-state index contributed by atoms with van der Waals surface area (Å²) in [6.07, 6.45) is 0. The molecule has 4 nitrogen and oxygen atoms in total. The highest BCUT2D eigenvalue weighted by molar-refractivity contribution is 6.22. The standard InChI is InChI=1S/C66H40N2O2/c1-3-13-49(14-4-1)67(53-27-29-57-45(33-53)21-19-41-11-7-9-17-55(41)57)51-25-23-43-37-61-59-31-32-60-62-38-44-24-26-52(36-48(44)40-64(62)70-66(60)65(59)69-63(61)39-47(43)35-51)68(50-15-5-2-6-16-50)54-28-30-58-46(34-54)22-20-42-12-8-10-18-56(42)58/h1-40H. The molecule has 0 aliphatic carbocycles. The van der Waals surface area contributed by atoms with Gasteiger partial charge in [0.25, 0.3) is 0 Å². The van der Waals surface area contributed by atoms with E-state index in [4.69, 9.17) is 8.83 Å². The highest BCUT2D eigenvalue weighted by Gasteiger charge is 2.20. The monoisotopic (exact) mass is 892 g/mol. The topological polar surface area (TPSA) is 32.8 Å². The molecule has 0 unspecified atom stereocenters. The van der Waals surface area contributed by atoms with E-state index in [0.29, 0.717) is 0 Å². The van der Waals surface area contributed by atoms with Gasteiger partial charge in [-0.2, -0.15) is 0 Å². The molecule has 2 heterocycles. The largest absolute Gasteiger partial charge is 0.452 e. The second kappa shape index (κ2) is 15.1. The van der Waals surface area contributed by atoms with E-state index in [2.05, 4.69) is 252 Å². The second-order valence-electron chi connectivity index (χ2n) is 18.5. The normalized spacial score (nSPS) is 12.0. The first-order valence-corrected chi connectivity index (χ1v) is 23.9. The van der Waals surface area contributed by atoms with E-state index in [0.717, 1.165) is 99.5 Å². The minimum atomic E-state index is 0.762. The van der Waals surface area contributed by atoms with Gasteiger partial charge in [0.2, 0.25) is 0 Å². The first-order chi connectivity index (χ1) is 34.6. The Hall–Kier alpha value is -9.38. The average Bonchev–Trinajstić information content (AvgIpc) is 3.97. The summed E-state index contributed by atoms with van der Waals surface area (Å²) in [7, 11) is 0. The molecular weight excluding hydrogens is 853 g/mol. The molecular formula is C66H40N2O2. The van der Waals surface area contributed by atoms with Gasteiger partial charge in [0.15, 0.2) is 11.2 Å². The maximum atomic E-state index is 6.84. The molecule has 0 radical (unpaired) electrons. The van der Waals surface area contributed by atoms with Crippen molar-refractivity contribution in [2.24, 2.45) is 0 Å². The summed E-state index contributed by atoms with van der Waals surface area (Å²) in [6.45, 7) is 0. The number of furan rings is 2. The molecule has 0 amide bonds. The third kappa shape index (κ3) is 6.03. The van der Waals surface area contributed by atoms with Crippen LogP contribution in [0, 0.1) is 0 Å². The molecule has 13 aromatic carbocycles. The maximum absolute atomic E-state index is 6.84. The first kappa shape index (κ1) is 38.7. The highest BCUT2D eigenvalue weighted by Crippen LogP contribution is 2.45. The van der Waals surface area contributed by atoms with Crippen molar-refractivity contribution >= 4 is 143 Å². The minimum Gasteiger partial charge on any atom is -0.452 e. The van der Waals surface area contributed by atoms with Crippen molar-refractivity contribution in [1.29, 1.82) is 0 Å². The number of hydrogen-bond donors (Lipinski definition) is 0. The molecule has 0 bridgehead atoms. The molecule has 2 aromatic heterocycles. The van der Waals surface area contributed by atoms with Crippen molar-refractivity contribution < 1.29 is 8.83 Å². The van der Waals surface area contributed by atoms with Crippen molar-refractivity contribution in [3.05, 3.63) is 243 Å². The molecule has 0 aliphatic rings. The molecule has 70 heavy (non-hydrogen) atoms. The van der Waals surface area contributed by atoms with Crippen LogP contribution < -0.4 is 9.80 Å². The molecule has 15 rings (SSSR count). The zero-order chi connectivity index (χ0) is 45.9. The summed E-state index contributed by atoms with van der Waals surface area (Å²) in [6, 6.07) is 87.6. The van der Waals surface area contributed by atoms with Crippen LogP contribution >= 0.6 is 0 Å². The van der Waals surface area contributed by atoms with E-state index >= 15 is 0 Å². The Kier molecular flexibility index (Phi) is 8.33. The quantitative estimate of drug-likeness (QED) is 0.156. The fourth-order valence-electron chi connectivity index (χ4n) is 11.1. The lowest BCUT2D eigenvalue weighted by molar-refractivity contribution is 0.634. The van der Waals surface area contributed by atoms with Crippen LogP contribution in [0.4, 0.5) is 34.1 Å². The van der Waals surface area contributed by atoms with E-state index < -0.39 is 0 Å². The molecule has 326 valence electrons. The number of rotatable bonds is 6. The van der Waals surface area contributed by atoms with Gasteiger partial charge in [0, 0.05) is 55.7 Å². The number of para-hydroxylation sites is 2. The number of hydrogen-bond acceptors (Lipinski definition) is 4. The smallest absolute Gasteiger partial charge is 0.178 e. The molecule has 0 fully saturated rings. The van der Waals surface area contributed by atoms with E-state index in [1.807, 2.05) is 0 Å². The lowest BCUT2D eigenvalue weighted by atomic mass is 10.0. The van der Waals surface area contributed by atoms with Gasteiger partial charge in [-0.1, -0.05) is 133 Å². The zero-order valence-corrected chi connectivity index (χ0v) is 37.8. The summed E-state index contributed by atoms with van der Waals surface area (Å²) < 4.78 is 13.7. The number of nitrogens with zero attached hydrogens (tertiary/aromatic N) is 2. The van der Waals surface area contributed by atoms with Crippen LogP contribution in [-0.4, -0.2) is 0 Å². The average molecular weight is 893 g/mol. The van der Waals surface area contributed by atoms with Crippen molar-refractivity contribution in [2.45, 2.75) is 0 Å². The van der Waals surface area contributed by atoms with Crippen LogP contribution in [0.1, 0.15) is 0 Å². The van der Waals surface area contributed by atoms with Gasteiger partial charge in [-0.05, 0) is 174 Å². The lowest BCUT2D eigenvalue weighted by Gasteiger charge is -2.26. The fourth-order valence-corrected chi connectivity index (χ4v) is 11.1. The van der Waals surface area contributed by atoms with Crippen LogP contribution in [-0.2, 0) is 0 Å². The van der Waals surface area contributed by atoms with Gasteiger partial charge in [0.1, 0.15) is 11.2 Å². The van der Waals surface area contributed by atoms with Gasteiger partial charge in [-0.3, -0.25) is 0 Å². The molecule has 15 aromatic rings. The molecule has 0 spiro atoms. The number of fused-ring (bicyclic) bond motifs is 15. The summed E-state index contributed by atoms with van der Waals surface area (Å²) in [5.41, 5.74) is 9.71. The van der Waals surface area contributed by atoms with Gasteiger partial charge in [-0.15, -0.1) is 0 Å². The molecule has 0 atom stereocenters. The molecule has 0 N–H and O–H groups in total. The second-order valence-corrected chi connectivity index (χ2v) is 18.5. The maximum Gasteiger partial charge on any atom is 0.178 e. The van der Waals surface area contributed by atoms with E-state index in [-0.39, 0.29) is 0 Å². The Bertz CT molecular complexity index is 4310.